The highest BCUT2D eigenvalue weighted by molar-refractivity contribution is 7.07. The van der Waals surface area contributed by atoms with E-state index in [0.29, 0.717) is 6.61 Å². The second-order valence-electron chi connectivity index (χ2n) is 4.33. The van der Waals surface area contributed by atoms with Crippen LogP contribution < -0.4 is 4.74 Å². The van der Waals surface area contributed by atoms with Crippen molar-refractivity contribution in [2.75, 3.05) is 20.2 Å². The summed E-state index contributed by atoms with van der Waals surface area (Å²) in [4.78, 5) is 6.49. The van der Waals surface area contributed by atoms with E-state index in [0.717, 1.165) is 24.5 Å². The van der Waals surface area contributed by atoms with Crippen LogP contribution in [-0.4, -0.2) is 30.1 Å². The van der Waals surface area contributed by atoms with Crippen molar-refractivity contribution in [2.24, 2.45) is 0 Å². The molecule has 0 atom stereocenters. The fourth-order valence-corrected chi connectivity index (χ4v) is 2.25. The largest absolute Gasteiger partial charge is 0.492 e. The predicted molar refractivity (Wildman–Crippen MR) is 75.1 cm³/mol. The second kappa shape index (κ2) is 6.52. The second-order valence-corrected chi connectivity index (χ2v) is 5.05. The Balaban J connectivity index is 1.74. The maximum absolute atomic E-state index is 5.77. The molecule has 0 N–H and O–H groups in total. The third kappa shape index (κ3) is 3.82. The monoisotopic (exact) mass is 262 g/mol. The first kappa shape index (κ1) is 13.1. The number of likely N-dealkylation sites (N-methyl/N-ethyl adjacent to an activating group) is 1. The third-order valence-electron chi connectivity index (χ3n) is 2.74. The van der Waals surface area contributed by atoms with E-state index in [2.05, 4.69) is 35.3 Å². The van der Waals surface area contributed by atoms with E-state index in [1.807, 2.05) is 23.7 Å². The quantitative estimate of drug-likeness (QED) is 0.800. The highest BCUT2D eigenvalue weighted by Gasteiger charge is 2.03. The summed E-state index contributed by atoms with van der Waals surface area (Å²) in [6.07, 6.45) is 0. The molecule has 1 heterocycles. The van der Waals surface area contributed by atoms with E-state index in [1.165, 1.54) is 5.56 Å². The molecule has 2 rings (SSSR count). The Morgan fingerprint density at radius 2 is 2.17 bits per heavy atom. The summed E-state index contributed by atoms with van der Waals surface area (Å²) < 4.78 is 5.77. The number of aromatic nitrogens is 1. The number of hydrogen-bond acceptors (Lipinski definition) is 4. The number of rotatable bonds is 6. The van der Waals surface area contributed by atoms with Crippen molar-refractivity contribution in [3.05, 3.63) is 46.4 Å². The predicted octanol–water partition coefficient (Wildman–Crippen LogP) is 2.96. The molecule has 0 aliphatic carbocycles. The van der Waals surface area contributed by atoms with Crippen LogP contribution in [0, 0.1) is 6.92 Å². The molecule has 96 valence electrons. The van der Waals surface area contributed by atoms with Crippen molar-refractivity contribution in [1.29, 1.82) is 0 Å². The summed E-state index contributed by atoms with van der Waals surface area (Å²) in [6, 6.07) is 8.10. The first-order valence-corrected chi connectivity index (χ1v) is 6.94. The van der Waals surface area contributed by atoms with Gasteiger partial charge in [0, 0.05) is 18.5 Å². The molecule has 0 fully saturated rings. The Kier molecular flexibility index (Phi) is 4.73. The molecule has 0 spiro atoms. The number of ether oxygens (including phenoxy) is 1. The van der Waals surface area contributed by atoms with Crippen LogP contribution in [0.25, 0.3) is 0 Å². The molecule has 0 saturated carbocycles. The number of benzene rings is 1. The van der Waals surface area contributed by atoms with Gasteiger partial charge in [0.05, 0.1) is 11.2 Å². The maximum Gasteiger partial charge on any atom is 0.122 e. The van der Waals surface area contributed by atoms with Crippen molar-refractivity contribution in [2.45, 2.75) is 13.5 Å². The minimum Gasteiger partial charge on any atom is -0.492 e. The Labute approximate surface area is 112 Å². The van der Waals surface area contributed by atoms with Crippen molar-refractivity contribution in [1.82, 2.24) is 9.88 Å². The third-order valence-corrected chi connectivity index (χ3v) is 3.37. The molecular weight excluding hydrogens is 244 g/mol. The molecule has 1 aromatic heterocycles. The van der Waals surface area contributed by atoms with Gasteiger partial charge in [0.1, 0.15) is 12.4 Å². The van der Waals surface area contributed by atoms with Gasteiger partial charge >= 0.3 is 0 Å². The number of thiazole rings is 1. The molecular formula is C14H18N2OS. The summed E-state index contributed by atoms with van der Waals surface area (Å²) in [5.41, 5.74) is 4.17. The van der Waals surface area contributed by atoms with E-state index < -0.39 is 0 Å². The molecule has 0 aliphatic rings. The van der Waals surface area contributed by atoms with Crippen molar-refractivity contribution < 1.29 is 4.74 Å². The van der Waals surface area contributed by atoms with Crippen LogP contribution in [-0.2, 0) is 6.54 Å². The molecule has 3 nitrogen and oxygen atoms in total. The molecule has 0 unspecified atom stereocenters. The van der Waals surface area contributed by atoms with Crippen LogP contribution in [0.4, 0.5) is 0 Å². The lowest BCUT2D eigenvalue weighted by Gasteiger charge is -2.16. The number of aryl methyl sites for hydroxylation is 1. The molecule has 0 amide bonds. The number of hydrogen-bond donors (Lipinski definition) is 0. The van der Waals surface area contributed by atoms with E-state index in [1.54, 1.807) is 11.3 Å². The first-order valence-electron chi connectivity index (χ1n) is 6.00. The first-order chi connectivity index (χ1) is 8.75. The smallest absolute Gasteiger partial charge is 0.122 e. The van der Waals surface area contributed by atoms with Crippen molar-refractivity contribution in [3.8, 4) is 5.75 Å². The highest BCUT2D eigenvalue weighted by atomic mass is 32.1. The van der Waals surface area contributed by atoms with Gasteiger partial charge in [-0.1, -0.05) is 18.2 Å². The Morgan fingerprint density at radius 1 is 1.33 bits per heavy atom. The van der Waals surface area contributed by atoms with Gasteiger partial charge in [0.15, 0.2) is 0 Å². The fraction of sp³-hybridized carbons (Fsp3) is 0.357. The van der Waals surface area contributed by atoms with E-state index >= 15 is 0 Å². The summed E-state index contributed by atoms with van der Waals surface area (Å²) in [5.74, 6) is 0.972. The maximum atomic E-state index is 5.77. The summed E-state index contributed by atoms with van der Waals surface area (Å²) in [5, 5.41) is 2.08. The van der Waals surface area contributed by atoms with Crippen molar-refractivity contribution in [3.63, 3.8) is 0 Å². The Hall–Kier alpha value is -1.39. The molecule has 18 heavy (non-hydrogen) atoms. The minimum absolute atomic E-state index is 0.700. The zero-order valence-corrected chi connectivity index (χ0v) is 11.6. The molecule has 1 aromatic carbocycles. The van der Waals surface area contributed by atoms with Crippen molar-refractivity contribution >= 4 is 11.3 Å². The van der Waals surface area contributed by atoms with Gasteiger partial charge < -0.3 is 4.74 Å². The Bertz CT molecular complexity index is 470. The van der Waals surface area contributed by atoms with Gasteiger partial charge in [-0.3, -0.25) is 4.90 Å². The molecule has 0 radical (unpaired) electrons. The number of nitrogens with zero attached hydrogens (tertiary/aromatic N) is 2. The van der Waals surface area contributed by atoms with Crippen LogP contribution >= 0.6 is 11.3 Å². The summed E-state index contributed by atoms with van der Waals surface area (Å²) in [7, 11) is 2.08. The lowest BCUT2D eigenvalue weighted by Crippen LogP contribution is -2.24. The summed E-state index contributed by atoms with van der Waals surface area (Å²) in [6.45, 7) is 4.53. The van der Waals surface area contributed by atoms with E-state index in [-0.39, 0.29) is 0 Å². The standard InChI is InChI=1S/C14H18N2OS/c1-12-5-3-4-6-14(12)17-8-7-16(2)9-13-10-18-11-15-13/h3-6,10-11H,7-9H2,1-2H3. The zero-order chi connectivity index (χ0) is 12.8. The van der Waals surface area contributed by atoms with Crippen LogP contribution in [0.15, 0.2) is 35.2 Å². The van der Waals surface area contributed by atoms with Crippen LogP contribution in [0.1, 0.15) is 11.3 Å². The van der Waals surface area contributed by atoms with Gasteiger partial charge in [-0.2, -0.15) is 0 Å². The van der Waals surface area contributed by atoms with Crippen LogP contribution in [0.3, 0.4) is 0 Å². The lowest BCUT2D eigenvalue weighted by atomic mass is 10.2. The lowest BCUT2D eigenvalue weighted by molar-refractivity contribution is 0.231. The minimum atomic E-state index is 0.700. The number of para-hydroxylation sites is 1. The normalized spacial score (nSPS) is 10.8. The molecule has 4 heteroatoms. The van der Waals surface area contributed by atoms with Crippen LogP contribution in [0.5, 0.6) is 5.75 Å². The van der Waals surface area contributed by atoms with Crippen LogP contribution in [0.2, 0.25) is 0 Å². The average molecular weight is 262 g/mol. The molecule has 0 saturated heterocycles. The average Bonchev–Trinajstić information content (AvgIpc) is 2.84. The molecule has 0 aliphatic heterocycles. The summed E-state index contributed by atoms with van der Waals surface area (Å²) >= 11 is 1.64. The van der Waals surface area contributed by atoms with Gasteiger partial charge in [0.25, 0.3) is 0 Å². The highest BCUT2D eigenvalue weighted by Crippen LogP contribution is 2.15. The topological polar surface area (TPSA) is 25.4 Å². The van der Waals surface area contributed by atoms with Gasteiger partial charge in [-0.25, -0.2) is 4.98 Å². The van der Waals surface area contributed by atoms with E-state index in [9.17, 15) is 0 Å². The van der Waals surface area contributed by atoms with E-state index in [4.69, 9.17) is 4.74 Å². The Morgan fingerprint density at radius 3 is 2.89 bits per heavy atom. The van der Waals surface area contributed by atoms with Gasteiger partial charge in [-0.05, 0) is 25.6 Å². The van der Waals surface area contributed by atoms with Gasteiger partial charge in [-0.15, -0.1) is 11.3 Å². The zero-order valence-electron chi connectivity index (χ0n) is 10.8. The molecule has 0 bridgehead atoms. The SMILES string of the molecule is Cc1ccccc1OCCN(C)Cc1cscn1. The van der Waals surface area contributed by atoms with Gasteiger partial charge in [0.2, 0.25) is 0 Å². The molecule has 2 aromatic rings. The fourth-order valence-electron chi connectivity index (χ4n) is 1.70.